The minimum Gasteiger partial charge on any atom is -0.328 e. The lowest BCUT2D eigenvalue weighted by Crippen LogP contribution is -2.26. The number of benzene rings is 1. The number of anilines is 2. The van der Waals surface area contributed by atoms with Crippen molar-refractivity contribution in [3.05, 3.63) is 64.1 Å². The van der Waals surface area contributed by atoms with Crippen molar-refractivity contribution in [3.8, 4) is 0 Å². The molecule has 0 saturated carbocycles. The van der Waals surface area contributed by atoms with Gasteiger partial charge in [-0.3, -0.25) is 9.88 Å². The van der Waals surface area contributed by atoms with E-state index in [1.165, 1.54) is 23.0 Å². The van der Waals surface area contributed by atoms with Crippen molar-refractivity contribution in [2.45, 2.75) is 25.6 Å². The molecule has 8 heteroatoms. The highest BCUT2D eigenvalue weighted by Gasteiger charge is 2.26. The van der Waals surface area contributed by atoms with Gasteiger partial charge in [-0.1, -0.05) is 29.5 Å². The second-order valence-corrected chi connectivity index (χ2v) is 7.80. The maximum atomic E-state index is 13.8. The number of nitrogens with one attached hydrogen (secondary N) is 1. The number of rotatable bonds is 5. The van der Waals surface area contributed by atoms with E-state index in [9.17, 15) is 4.39 Å². The third kappa shape index (κ3) is 3.67. The largest absolute Gasteiger partial charge is 0.328 e. The van der Waals surface area contributed by atoms with Gasteiger partial charge in [0, 0.05) is 25.0 Å². The Bertz CT molecular complexity index is 940. The van der Waals surface area contributed by atoms with E-state index in [1.807, 2.05) is 12.3 Å². The fourth-order valence-corrected chi connectivity index (χ4v) is 4.25. The van der Waals surface area contributed by atoms with Crippen LogP contribution in [-0.2, 0) is 6.67 Å². The van der Waals surface area contributed by atoms with Crippen LogP contribution in [0, 0.1) is 9.77 Å². The van der Waals surface area contributed by atoms with E-state index in [0.717, 1.165) is 19.4 Å². The Morgan fingerprint density at radius 1 is 1.27 bits per heavy atom. The summed E-state index contributed by atoms with van der Waals surface area (Å²) in [5, 5.41) is 8.15. The quantitative estimate of drug-likeness (QED) is 0.641. The fourth-order valence-electron chi connectivity index (χ4n) is 3.24. The Morgan fingerprint density at radius 2 is 2.15 bits per heavy atom. The summed E-state index contributed by atoms with van der Waals surface area (Å²) in [7, 11) is 0. The molecule has 134 valence electrons. The highest BCUT2D eigenvalue weighted by atomic mass is 32.1. The van der Waals surface area contributed by atoms with Gasteiger partial charge in [0.25, 0.3) is 0 Å². The van der Waals surface area contributed by atoms with Crippen molar-refractivity contribution in [1.29, 1.82) is 0 Å². The molecule has 1 saturated heterocycles. The minimum absolute atomic E-state index is 0.309. The first-order valence-corrected chi connectivity index (χ1v) is 9.66. The monoisotopic (exact) mass is 387 g/mol. The van der Waals surface area contributed by atoms with Gasteiger partial charge in [-0.15, -0.1) is 5.10 Å². The Kier molecular flexibility index (Phi) is 5.05. The second-order valence-electron chi connectivity index (χ2n) is 6.18. The maximum absolute atomic E-state index is 13.8. The average Bonchev–Trinajstić information content (AvgIpc) is 3.25. The number of para-hydroxylation sites is 1. The molecule has 4 rings (SSSR count). The van der Waals surface area contributed by atoms with Gasteiger partial charge in [-0.2, -0.15) is 0 Å². The van der Waals surface area contributed by atoms with E-state index in [0.29, 0.717) is 27.5 Å². The molecular formula is C18H18FN5S2. The van der Waals surface area contributed by atoms with Crippen LogP contribution in [0.25, 0.3) is 0 Å². The van der Waals surface area contributed by atoms with E-state index in [1.54, 1.807) is 29.1 Å². The topological polar surface area (TPSA) is 46.0 Å². The van der Waals surface area contributed by atoms with Crippen LogP contribution in [0.5, 0.6) is 0 Å². The smallest absolute Gasteiger partial charge is 0.209 e. The van der Waals surface area contributed by atoms with Gasteiger partial charge in [-0.25, -0.2) is 9.07 Å². The first-order chi connectivity index (χ1) is 12.7. The second kappa shape index (κ2) is 7.61. The predicted molar refractivity (Wildman–Crippen MR) is 104 cm³/mol. The third-order valence-electron chi connectivity index (χ3n) is 4.47. The molecule has 5 nitrogen and oxygen atoms in total. The highest BCUT2D eigenvalue weighted by Crippen LogP contribution is 2.32. The fraction of sp³-hybridized carbons (Fsp3) is 0.278. The molecule has 0 aliphatic carbocycles. The normalized spacial score (nSPS) is 17.5. The zero-order valence-corrected chi connectivity index (χ0v) is 15.6. The Hall–Kier alpha value is -2.16. The average molecular weight is 388 g/mol. The molecule has 3 heterocycles. The lowest BCUT2D eigenvalue weighted by atomic mass is 10.1. The van der Waals surface area contributed by atoms with Crippen molar-refractivity contribution in [2.75, 3.05) is 11.9 Å². The van der Waals surface area contributed by atoms with Gasteiger partial charge in [-0.05, 0) is 48.8 Å². The van der Waals surface area contributed by atoms with Gasteiger partial charge in [0.2, 0.25) is 5.13 Å². The zero-order chi connectivity index (χ0) is 17.9. The van der Waals surface area contributed by atoms with Crippen LogP contribution >= 0.6 is 23.6 Å². The molecular weight excluding hydrogens is 369 g/mol. The molecule has 1 N–H and O–H groups in total. The summed E-state index contributed by atoms with van der Waals surface area (Å²) in [4.78, 5) is 6.59. The predicted octanol–water partition coefficient (Wildman–Crippen LogP) is 4.75. The van der Waals surface area contributed by atoms with Gasteiger partial charge >= 0.3 is 0 Å². The number of hydrogen-bond donors (Lipinski definition) is 1. The van der Waals surface area contributed by atoms with Crippen molar-refractivity contribution < 1.29 is 4.39 Å². The molecule has 3 aromatic rings. The minimum atomic E-state index is -0.309. The molecule has 1 aromatic carbocycles. The summed E-state index contributed by atoms with van der Waals surface area (Å²) in [6, 6.07) is 11.0. The number of nitrogens with zero attached hydrogens (tertiary/aromatic N) is 4. The summed E-state index contributed by atoms with van der Waals surface area (Å²) in [5.41, 5.74) is 1.62. The van der Waals surface area contributed by atoms with E-state index in [2.05, 4.69) is 26.4 Å². The van der Waals surface area contributed by atoms with Crippen molar-refractivity contribution >= 4 is 34.4 Å². The van der Waals surface area contributed by atoms with Crippen molar-refractivity contribution in [2.24, 2.45) is 0 Å². The van der Waals surface area contributed by atoms with Crippen molar-refractivity contribution in [1.82, 2.24) is 19.7 Å². The van der Waals surface area contributed by atoms with Gasteiger partial charge in [0.05, 0.1) is 12.4 Å². The summed E-state index contributed by atoms with van der Waals surface area (Å²) >= 11 is 6.81. The summed E-state index contributed by atoms with van der Waals surface area (Å²) in [6.07, 6.45) is 5.95. The number of pyridine rings is 1. The first kappa shape index (κ1) is 17.3. The van der Waals surface area contributed by atoms with Crippen LogP contribution in [0.15, 0.2) is 48.8 Å². The van der Waals surface area contributed by atoms with Gasteiger partial charge in [0.15, 0.2) is 3.95 Å². The van der Waals surface area contributed by atoms with Crippen LogP contribution < -0.4 is 5.32 Å². The SMILES string of the molecule is Fc1ccccc1Nc1nn(CN2CCCC2c2cccnc2)c(=S)s1. The molecule has 1 unspecified atom stereocenters. The standard InChI is InChI=1S/C18H18FN5S2/c19-14-6-1-2-7-15(14)21-17-22-24(18(25)26-17)12-23-10-4-8-16(23)13-5-3-9-20-11-13/h1-3,5-7,9,11,16H,4,8,10,12H2,(H,21,22). The summed E-state index contributed by atoms with van der Waals surface area (Å²) in [6.45, 7) is 1.61. The molecule has 1 fully saturated rings. The van der Waals surface area contributed by atoms with E-state index >= 15 is 0 Å². The summed E-state index contributed by atoms with van der Waals surface area (Å²) < 4.78 is 16.3. The number of halogens is 1. The molecule has 0 bridgehead atoms. The van der Waals surface area contributed by atoms with Gasteiger partial charge < -0.3 is 5.32 Å². The number of aromatic nitrogens is 3. The van der Waals surface area contributed by atoms with E-state index in [-0.39, 0.29) is 5.82 Å². The molecule has 2 aromatic heterocycles. The first-order valence-electron chi connectivity index (χ1n) is 8.44. The maximum Gasteiger partial charge on any atom is 0.209 e. The van der Waals surface area contributed by atoms with Crippen LogP contribution in [0.4, 0.5) is 15.2 Å². The van der Waals surface area contributed by atoms with Crippen LogP contribution in [-0.4, -0.2) is 26.2 Å². The Balaban J connectivity index is 1.51. The van der Waals surface area contributed by atoms with Crippen LogP contribution in [0.3, 0.4) is 0 Å². The molecule has 1 aliphatic heterocycles. The van der Waals surface area contributed by atoms with Crippen LogP contribution in [0.1, 0.15) is 24.4 Å². The third-order valence-corrected chi connectivity index (χ3v) is 5.69. The van der Waals surface area contributed by atoms with Crippen LogP contribution in [0.2, 0.25) is 0 Å². The molecule has 0 spiro atoms. The zero-order valence-electron chi connectivity index (χ0n) is 14.0. The number of likely N-dealkylation sites (tertiary alicyclic amines) is 1. The molecule has 1 atom stereocenters. The number of hydrogen-bond acceptors (Lipinski definition) is 6. The molecule has 0 radical (unpaired) electrons. The molecule has 26 heavy (non-hydrogen) atoms. The summed E-state index contributed by atoms with van der Waals surface area (Å²) in [5.74, 6) is -0.309. The highest BCUT2D eigenvalue weighted by molar-refractivity contribution is 7.73. The Morgan fingerprint density at radius 3 is 2.96 bits per heavy atom. The van der Waals surface area contributed by atoms with E-state index < -0.39 is 0 Å². The lowest BCUT2D eigenvalue weighted by molar-refractivity contribution is 0.191. The molecule has 0 amide bonds. The van der Waals surface area contributed by atoms with Crippen molar-refractivity contribution in [3.63, 3.8) is 0 Å². The Labute approximate surface area is 160 Å². The van der Waals surface area contributed by atoms with Gasteiger partial charge in [0.1, 0.15) is 5.82 Å². The molecule has 1 aliphatic rings. The van der Waals surface area contributed by atoms with E-state index in [4.69, 9.17) is 12.2 Å². The lowest BCUT2D eigenvalue weighted by Gasteiger charge is -2.24.